The van der Waals surface area contributed by atoms with Gasteiger partial charge in [-0.1, -0.05) is 24.3 Å². The van der Waals surface area contributed by atoms with Crippen molar-refractivity contribution < 1.29 is 22.4 Å². The first-order valence-electron chi connectivity index (χ1n) is 6.02. The van der Waals surface area contributed by atoms with Gasteiger partial charge in [0.15, 0.2) is 5.78 Å². The van der Waals surface area contributed by atoms with Gasteiger partial charge >= 0.3 is 0 Å². The molecule has 2 rings (SSSR count). The maximum atomic E-state index is 13.2. The van der Waals surface area contributed by atoms with Gasteiger partial charge in [0.1, 0.15) is 0 Å². The molecule has 0 amide bonds. The van der Waals surface area contributed by atoms with E-state index in [2.05, 4.69) is 0 Å². The maximum absolute atomic E-state index is 13.2. The fourth-order valence-electron chi connectivity index (χ4n) is 2.06. The second kappa shape index (κ2) is 7.24. The van der Waals surface area contributed by atoms with Crippen molar-refractivity contribution in [2.24, 2.45) is 0 Å². The third-order valence-electron chi connectivity index (χ3n) is 3.03. The molecule has 7 heteroatoms. The molecule has 2 aromatic rings. The molecule has 22 heavy (non-hydrogen) atoms. The molecule has 0 heterocycles. The largest absolute Gasteiger partial charge is 0.289 e. The first kappa shape index (κ1) is 17.6. The SMILES string of the molecule is O=C(c1cccc(I)c1C(F)F)c1cccc(I)c1C(F)F. The van der Waals surface area contributed by atoms with E-state index in [4.69, 9.17) is 0 Å². The number of benzene rings is 2. The van der Waals surface area contributed by atoms with Gasteiger partial charge in [-0.2, -0.15) is 0 Å². The third-order valence-corrected chi connectivity index (χ3v) is 4.91. The van der Waals surface area contributed by atoms with Gasteiger partial charge in [-0.15, -0.1) is 0 Å². The molecule has 0 spiro atoms. The van der Waals surface area contributed by atoms with Crippen molar-refractivity contribution in [2.45, 2.75) is 12.9 Å². The van der Waals surface area contributed by atoms with Gasteiger partial charge in [0, 0.05) is 29.4 Å². The summed E-state index contributed by atoms with van der Waals surface area (Å²) in [5.41, 5.74) is -1.34. The van der Waals surface area contributed by atoms with E-state index in [0.717, 1.165) is 0 Å². The highest BCUT2D eigenvalue weighted by molar-refractivity contribution is 14.1. The molecular weight excluding hydrogens is 526 g/mol. The van der Waals surface area contributed by atoms with Crippen molar-refractivity contribution in [1.29, 1.82) is 0 Å². The molecule has 0 atom stereocenters. The fourth-order valence-corrected chi connectivity index (χ4v) is 3.53. The first-order valence-corrected chi connectivity index (χ1v) is 8.18. The Kier molecular flexibility index (Phi) is 5.81. The molecule has 0 aliphatic rings. The summed E-state index contributed by atoms with van der Waals surface area (Å²) in [7, 11) is 0. The van der Waals surface area contributed by atoms with Crippen LogP contribution in [0.2, 0.25) is 0 Å². The molecule has 116 valence electrons. The highest BCUT2D eigenvalue weighted by Gasteiger charge is 2.26. The summed E-state index contributed by atoms with van der Waals surface area (Å²) in [5, 5.41) is 0. The minimum absolute atomic E-state index is 0.225. The molecule has 1 nitrogen and oxygen atoms in total. The summed E-state index contributed by atoms with van der Waals surface area (Å²) >= 11 is 3.40. The van der Waals surface area contributed by atoms with Crippen LogP contribution in [-0.2, 0) is 0 Å². The molecule has 0 saturated heterocycles. The van der Waals surface area contributed by atoms with Crippen LogP contribution in [0.25, 0.3) is 0 Å². The van der Waals surface area contributed by atoms with Gasteiger partial charge in [0.25, 0.3) is 12.9 Å². The van der Waals surface area contributed by atoms with E-state index in [9.17, 15) is 22.4 Å². The quantitative estimate of drug-likeness (QED) is 0.267. The first-order chi connectivity index (χ1) is 10.3. The summed E-state index contributed by atoms with van der Waals surface area (Å²) in [6, 6.07) is 8.28. The molecule has 0 aliphatic heterocycles. The van der Waals surface area contributed by atoms with Crippen molar-refractivity contribution in [3.63, 3.8) is 0 Å². The zero-order chi connectivity index (χ0) is 16.4. The number of carbonyl (C=O) groups excluding carboxylic acids is 1. The monoisotopic (exact) mass is 534 g/mol. The molecular formula is C15H8F4I2O. The number of hydrogen-bond donors (Lipinski definition) is 0. The highest BCUT2D eigenvalue weighted by atomic mass is 127. The molecule has 0 bridgehead atoms. The second-order valence-corrected chi connectivity index (χ2v) is 6.66. The Morgan fingerprint density at radius 1 is 0.773 bits per heavy atom. The number of rotatable bonds is 4. The Morgan fingerprint density at radius 3 is 1.45 bits per heavy atom. The van der Waals surface area contributed by atoms with Crippen molar-refractivity contribution in [3.05, 3.63) is 65.8 Å². The van der Waals surface area contributed by atoms with E-state index in [1.165, 1.54) is 36.4 Å². The lowest BCUT2D eigenvalue weighted by molar-refractivity contribution is 0.101. The van der Waals surface area contributed by atoms with Crippen LogP contribution in [0.5, 0.6) is 0 Å². The topological polar surface area (TPSA) is 17.1 Å². The lowest BCUT2D eigenvalue weighted by Crippen LogP contribution is -2.11. The number of ketones is 1. The molecule has 0 aromatic heterocycles. The van der Waals surface area contributed by atoms with Crippen LogP contribution < -0.4 is 0 Å². The highest BCUT2D eigenvalue weighted by Crippen LogP contribution is 2.33. The molecule has 0 aliphatic carbocycles. The van der Waals surface area contributed by atoms with E-state index < -0.39 is 29.8 Å². The Balaban J connectivity index is 2.65. The minimum Gasteiger partial charge on any atom is -0.289 e. The van der Waals surface area contributed by atoms with Crippen LogP contribution in [0.3, 0.4) is 0 Å². The summed E-state index contributed by atoms with van der Waals surface area (Å²) in [4.78, 5) is 12.5. The summed E-state index contributed by atoms with van der Waals surface area (Å²) in [5.74, 6) is -0.817. The molecule has 0 radical (unpaired) electrons. The second-order valence-electron chi connectivity index (χ2n) is 4.33. The van der Waals surface area contributed by atoms with Crippen LogP contribution in [-0.4, -0.2) is 5.78 Å². The Bertz CT molecular complexity index is 657. The number of hydrogen-bond acceptors (Lipinski definition) is 1. The van der Waals surface area contributed by atoms with Crippen molar-refractivity contribution in [2.75, 3.05) is 0 Å². The third kappa shape index (κ3) is 3.44. The normalized spacial score (nSPS) is 11.3. The average molecular weight is 534 g/mol. The zero-order valence-corrected chi connectivity index (χ0v) is 15.1. The summed E-state index contributed by atoms with van der Waals surface area (Å²) in [6.07, 6.45) is -5.71. The zero-order valence-electron chi connectivity index (χ0n) is 10.8. The predicted molar refractivity (Wildman–Crippen MR) is 91.7 cm³/mol. The average Bonchev–Trinajstić information content (AvgIpc) is 2.45. The van der Waals surface area contributed by atoms with E-state index in [1.54, 1.807) is 45.2 Å². The van der Waals surface area contributed by atoms with E-state index >= 15 is 0 Å². The van der Waals surface area contributed by atoms with Gasteiger partial charge < -0.3 is 0 Å². The molecule has 0 N–H and O–H groups in total. The van der Waals surface area contributed by atoms with E-state index in [0.29, 0.717) is 0 Å². The Morgan fingerprint density at radius 2 is 1.14 bits per heavy atom. The van der Waals surface area contributed by atoms with Crippen LogP contribution >= 0.6 is 45.2 Å². The van der Waals surface area contributed by atoms with Crippen LogP contribution in [0.15, 0.2) is 36.4 Å². The van der Waals surface area contributed by atoms with Crippen LogP contribution in [0, 0.1) is 7.14 Å². The van der Waals surface area contributed by atoms with Crippen molar-refractivity contribution >= 4 is 51.0 Å². The Hall–Kier alpha value is -0.710. The Labute approximate surface area is 151 Å². The lowest BCUT2D eigenvalue weighted by Gasteiger charge is -2.13. The summed E-state index contributed by atoms with van der Waals surface area (Å²) < 4.78 is 53.2. The maximum Gasteiger partial charge on any atom is 0.265 e. The number of carbonyl (C=O) groups is 1. The van der Waals surface area contributed by atoms with Crippen LogP contribution in [0.4, 0.5) is 17.6 Å². The molecule has 0 fully saturated rings. The van der Waals surface area contributed by atoms with Gasteiger partial charge in [-0.3, -0.25) is 4.79 Å². The van der Waals surface area contributed by atoms with Crippen molar-refractivity contribution in [3.8, 4) is 0 Å². The van der Waals surface area contributed by atoms with Gasteiger partial charge in [-0.05, 0) is 57.3 Å². The van der Waals surface area contributed by atoms with Gasteiger partial charge in [0.05, 0.1) is 0 Å². The smallest absolute Gasteiger partial charge is 0.265 e. The van der Waals surface area contributed by atoms with Gasteiger partial charge in [-0.25, -0.2) is 17.6 Å². The van der Waals surface area contributed by atoms with E-state index in [-0.39, 0.29) is 18.3 Å². The molecule has 0 saturated carbocycles. The van der Waals surface area contributed by atoms with Crippen LogP contribution in [0.1, 0.15) is 39.9 Å². The minimum atomic E-state index is -2.86. The van der Waals surface area contributed by atoms with E-state index in [1.807, 2.05) is 0 Å². The fraction of sp³-hybridized carbons (Fsp3) is 0.133. The molecule has 2 aromatic carbocycles. The molecule has 0 unspecified atom stereocenters. The predicted octanol–water partition coefficient (Wildman–Crippen LogP) is 6.00. The van der Waals surface area contributed by atoms with Crippen molar-refractivity contribution in [1.82, 2.24) is 0 Å². The standard InChI is InChI=1S/C15H8F4I2O/c16-14(17)11-7(3-1-5-9(11)20)13(22)8-4-2-6-10(21)12(8)15(18)19/h1-6,14-15H. The lowest BCUT2D eigenvalue weighted by atomic mass is 9.95. The van der Waals surface area contributed by atoms with Gasteiger partial charge in [0.2, 0.25) is 0 Å². The summed E-state index contributed by atoms with van der Waals surface area (Å²) in [6.45, 7) is 0. The number of halogens is 6. The number of alkyl halides is 4.